The van der Waals surface area contributed by atoms with E-state index >= 15 is 0 Å². The largest absolute Gasteiger partial charge is 0.386 e. The van der Waals surface area contributed by atoms with Crippen LogP contribution in [0.15, 0.2) is 29.2 Å². The van der Waals surface area contributed by atoms with Crippen LogP contribution in [0.4, 0.5) is 0 Å². The van der Waals surface area contributed by atoms with Crippen molar-refractivity contribution in [1.29, 1.82) is 0 Å². The molecule has 0 aliphatic heterocycles. The minimum atomic E-state index is -0.737. The predicted molar refractivity (Wildman–Crippen MR) is 58.1 cm³/mol. The van der Waals surface area contributed by atoms with Crippen molar-refractivity contribution in [2.24, 2.45) is 0 Å². The van der Waals surface area contributed by atoms with Crippen molar-refractivity contribution in [1.82, 2.24) is 0 Å². The van der Waals surface area contributed by atoms with Crippen molar-refractivity contribution in [2.45, 2.75) is 31.3 Å². The normalized spacial score (nSPS) is 11.7. The Morgan fingerprint density at radius 1 is 1.31 bits per heavy atom. The van der Waals surface area contributed by atoms with Gasteiger partial charge in [-0.1, -0.05) is 25.1 Å². The van der Waals surface area contributed by atoms with E-state index in [0.717, 1.165) is 11.3 Å². The Morgan fingerprint density at radius 2 is 1.92 bits per heavy atom. The highest BCUT2D eigenvalue weighted by atomic mass is 32.2. The van der Waals surface area contributed by atoms with Crippen LogP contribution in [0.2, 0.25) is 0 Å². The first-order valence-electron chi connectivity index (χ1n) is 4.50. The van der Waals surface area contributed by atoms with Crippen LogP contribution in [0.1, 0.15) is 26.3 Å². The number of benzene rings is 1. The molecule has 0 unspecified atom stereocenters. The maximum absolute atomic E-state index is 9.88. The van der Waals surface area contributed by atoms with Gasteiger partial charge in [0.1, 0.15) is 0 Å². The lowest BCUT2D eigenvalue weighted by atomic mass is 9.99. The van der Waals surface area contributed by atoms with Crippen LogP contribution in [0, 0.1) is 0 Å². The maximum atomic E-state index is 9.88. The molecular formula is C11H16OS. The number of aliphatic hydroxyl groups is 1. The Labute approximate surface area is 84.2 Å². The van der Waals surface area contributed by atoms with Gasteiger partial charge < -0.3 is 5.11 Å². The van der Waals surface area contributed by atoms with Gasteiger partial charge in [-0.2, -0.15) is 0 Å². The Bertz CT molecular complexity index is 276. The molecule has 1 aromatic rings. The van der Waals surface area contributed by atoms with Crippen molar-refractivity contribution < 1.29 is 5.11 Å². The summed E-state index contributed by atoms with van der Waals surface area (Å²) in [6.45, 7) is 5.76. The molecule has 0 atom stereocenters. The van der Waals surface area contributed by atoms with Crippen LogP contribution in [0.25, 0.3) is 0 Å². The summed E-state index contributed by atoms with van der Waals surface area (Å²) in [6, 6.07) is 8.01. The van der Waals surface area contributed by atoms with Gasteiger partial charge in [0, 0.05) is 4.90 Å². The minimum Gasteiger partial charge on any atom is -0.386 e. The highest BCUT2D eigenvalue weighted by Gasteiger charge is 2.18. The molecule has 1 N–H and O–H groups in total. The molecule has 2 heteroatoms. The first-order chi connectivity index (χ1) is 6.05. The van der Waals surface area contributed by atoms with Crippen LogP contribution in [0.5, 0.6) is 0 Å². The lowest BCUT2D eigenvalue weighted by Crippen LogP contribution is -2.16. The fourth-order valence-electron chi connectivity index (χ4n) is 1.25. The van der Waals surface area contributed by atoms with Gasteiger partial charge in [0.15, 0.2) is 0 Å². The van der Waals surface area contributed by atoms with Crippen molar-refractivity contribution in [3.63, 3.8) is 0 Å². The molecule has 72 valence electrons. The summed E-state index contributed by atoms with van der Waals surface area (Å²) in [4.78, 5) is 1.18. The van der Waals surface area contributed by atoms with E-state index in [0.29, 0.717) is 0 Å². The molecule has 1 nitrogen and oxygen atoms in total. The molecule has 13 heavy (non-hydrogen) atoms. The standard InChI is InChI=1S/C11H16OS/c1-4-13-10-8-6-5-7-9(10)11(2,3)12/h5-8,12H,4H2,1-3H3. The smallest absolute Gasteiger partial charge is 0.0851 e. The van der Waals surface area contributed by atoms with Crippen LogP contribution >= 0.6 is 11.8 Å². The molecule has 0 saturated carbocycles. The first kappa shape index (κ1) is 10.6. The van der Waals surface area contributed by atoms with Gasteiger partial charge >= 0.3 is 0 Å². The molecule has 0 aliphatic carbocycles. The summed E-state index contributed by atoms with van der Waals surface area (Å²) < 4.78 is 0. The zero-order valence-corrected chi connectivity index (χ0v) is 9.19. The summed E-state index contributed by atoms with van der Waals surface area (Å²) in [5.41, 5.74) is 0.278. The SMILES string of the molecule is CCSc1ccccc1C(C)(C)O. The molecule has 0 aliphatic rings. The molecule has 0 bridgehead atoms. The number of rotatable bonds is 3. The fraction of sp³-hybridized carbons (Fsp3) is 0.455. The molecular weight excluding hydrogens is 180 g/mol. The topological polar surface area (TPSA) is 20.2 Å². The molecule has 0 fully saturated rings. The van der Waals surface area contributed by atoms with Gasteiger partial charge in [-0.25, -0.2) is 0 Å². The van der Waals surface area contributed by atoms with Crippen molar-refractivity contribution in [3.8, 4) is 0 Å². The molecule has 0 aromatic heterocycles. The van der Waals surface area contributed by atoms with E-state index in [1.807, 2.05) is 32.0 Å². The fourth-order valence-corrected chi connectivity index (χ4v) is 2.21. The maximum Gasteiger partial charge on any atom is 0.0851 e. The van der Waals surface area contributed by atoms with Gasteiger partial charge in [0.05, 0.1) is 5.60 Å². The summed E-state index contributed by atoms with van der Waals surface area (Å²) in [5.74, 6) is 1.03. The van der Waals surface area contributed by atoms with Gasteiger partial charge in [-0.3, -0.25) is 0 Å². The van der Waals surface area contributed by atoms with Gasteiger partial charge in [0.2, 0.25) is 0 Å². The second-order valence-electron chi connectivity index (χ2n) is 3.49. The van der Waals surface area contributed by atoms with E-state index in [1.54, 1.807) is 11.8 Å². The highest BCUT2D eigenvalue weighted by Crippen LogP contribution is 2.30. The summed E-state index contributed by atoms with van der Waals surface area (Å²) in [6.07, 6.45) is 0. The van der Waals surface area contributed by atoms with Gasteiger partial charge in [0.25, 0.3) is 0 Å². The highest BCUT2D eigenvalue weighted by molar-refractivity contribution is 7.99. The minimum absolute atomic E-state index is 0.737. The van der Waals surface area contributed by atoms with E-state index < -0.39 is 5.60 Å². The number of hydrogen-bond donors (Lipinski definition) is 1. The van der Waals surface area contributed by atoms with E-state index in [9.17, 15) is 5.11 Å². The average molecular weight is 196 g/mol. The molecule has 0 spiro atoms. The van der Waals surface area contributed by atoms with E-state index in [1.165, 1.54) is 4.90 Å². The molecule has 0 radical (unpaired) electrons. The monoisotopic (exact) mass is 196 g/mol. The zero-order chi connectivity index (χ0) is 9.90. The zero-order valence-electron chi connectivity index (χ0n) is 8.37. The third-order valence-corrected chi connectivity index (χ3v) is 2.80. The summed E-state index contributed by atoms with van der Waals surface area (Å²) in [7, 11) is 0. The third-order valence-electron chi connectivity index (χ3n) is 1.85. The van der Waals surface area contributed by atoms with Crippen LogP contribution in [-0.2, 0) is 5.60 Å². The molecule has 0 heterocycles. The van der Waals surface area contributed by atoms with Crippen LogP contribution in [0.3, 0.4) is 0 Å². The second kappa shape index (κ2) is 4.16. The van der Waals surface area contributed by atoms with Crippen molar-refractivity contribution in [3.05, 3.63) is 29.8 Å². The van der Waals surface area contributed by atoms with Gasteiger partial charge in [-0.15, -0.1) is 11.8 Å². The molecule has 0 saturated heterocycles. The Morgan fingerprint density at radius 3 is 2.46 bits per heavy atom. The predicted octanol–water partition coefficient (Wildman–Crippen LogP) is 3.03. The Hall–Kier alpha value is -0.470. The summed E-state index contributed by atoms with van der Waals surface area (Å²) in [5, 5.41) is 9.88. The van der Waals surface area contributed by atoms with Crippen LogP contribution < -0.4 is 0 Å². The molecule has 1 aromatic carbocycles. The lowest BCUT2D eigenvalue weighted by molar-refractivity contribution is 0.0758. The van der Waals surface area contributed by atoms with E-state index in [2.05, 4.69) is 13.0 Å². The van der Waals surface area contributed by atoms with Crippen molar-refractivity contribution in [2.75, 3.05) is 5.75 Å². The Balaban J connectivity index is 3.05. The molecule has 0 amide bonds. The van der Waals surface area contributed by atoms with Gasteiger partial charge in [-0.05, 0) is 31.2 Å². The second-order valence-corrected chi connectivity index (χ2v) is 4.79. The van der Waals surface area contributed by atoms with Crippen LogP contribution in [-0.4, -0.2) is 10.9 Å². The summed E-state index contributed by atoms with van der Waals surface area (Å²) >= 11 is 1.77. The van der Waals surface area contributed by atoms with E-state index in [4.69, 9.17) is 0 Å². The third kappa shape index (κ3) is 2.75. The van der Waals surface area contributed by atoms with E-state index in [-0.39, 0.29) is 0 Å². The lowest BCUT2D eigenvalue weighted by Gasteiger charge is -2.20. The number of hydrogen-bond acceptors (Lipinski definition) is 2. The first-order valence-corrected chi connectivity index (χ1v) is 5.49. The number of thioether (sulfide) groups is 1. The molecule has 1 rings (SSSR count). The Kier molecular flexibility index (Phi) is 3.40. The quantitative estimate of drug-likeness (QED) is 0.750. The average Bonchev–Trinajstić information content (AvgIpc) is 2.04. The van der Waals surface area contributed by atoms with Crippen molar-refractivity contribution >= 4 is 11.8 Å².